The van der Waals surface area contributed by atoms with Crippen molar-refractivity contribution in [3.05, 3.63) is 29.3 Å². The predicted molar refractivity (Wildman–Crippen MR) is 81.3 cm³/mol. The first-order chi connectivity index (χ1) is 9.43. The normalized spacial score (nSPS) is 12.5. The maximum absolute atomic E-state index is 8.81. The number of nitrogens with one attached hydrogen (secondary N) is 1. The molecule has 0 saturated carbocycles. The topological polar surface area (TPSA) is 79.9 Å². The summed E-state index contributed by atoms with van der Waals surface area (Å²) < 4.78 is 5.21. The van der Waals surface area contributed by atoms with E-state index in [1.165, 1.54) is 0 Å². The second-order valence-electron chi connectivity index (χ2n) is 5.64. The molecule has 0 heterocycles. The lowest BCUT2D eigenvalue weighted by molar-refractivity contribution is 0.318. The minimum Gasteiger partial charge on any atom is -0.496 e. The first-order valence-electron chi connectivity index (χ1n) is 6.79. The fraction of sp³-hybridized carbons (Fsp3) is 0.533. The number of benzene rings is 1. The minimum atomic E-state index is 0.0533. The Balaban J connectivity index is 2.78. The van der Waals surface area contributed by atoms with E-state index >= 15 is 0 Å². The lowest BCUT2D eigenvalue weighted by Crippen LogP contribution is -2.28. The van der Waals surface area contributed by atoms with Crippen molar-refractivity contribution >= 4 is 5.84 Å². The summed E-state index contributed by atoms with van der Waals surface area (Å²) >= 11 is 0. The fourth-order valence-corrected chi connectivity index (χ4v) is 1.79. The van der Waals surface area contributed by atoms with Gasteiger partial charge in [0, 0.05) is 13.1 Å². The van der Waals surface area contributed by atoms with Gasteiger partial charge in [-0.3, -0.25) is 0 Å². The van der Waals surface area contributed by atoms with E-state index in [1.807, 2.05) is 18.2 Å². The van der Waals surface area contributed by atoms with Crippen LogP contribution in [0.1, 0.15) is 38.3 Å². The molecule has 0 atom stereocenters. The van der Waals surface area contributed by atoms with Crippen LogP contribution in [0.5, 0.6) is 5.75 Å². The Morgan fingerprint density at radius 1 is 1.45 bits per heavy atom. The molecule has 0 saturated heterocycles. The monoisotopic (exact) mass is 279 g/mol. The smallest absolute Gasteiger partial charge is 0.173 e. The second-order valence-corrected chi connectivity index (χ2v) is 5.64. The highest BCUT2D eigenvalue weighted by atomic mass is 16.5. The summed E-state index contributed by atoms with van der Waals surface area (Å²) in [4.78, 5) is 0. The van der Waals surface area contributed by atoms with Crippen molar-refractivity contribution in [1.82, 2.24) is 5.32 Å². The van der Waals surface area contributed by atoms with E-state index in [4.69, 9.17) is 15.7 Å². The molecule has 0 aromatic heterocycles. The van der Waals surface area contributed by atoms with Crippen LogP contribution in [0.2, 0.25) is 0 Å². The average molecular weight is 279 g/mol. The fourth-order valence-electron chi connectivity index (χ4n) is 1.79. The molecule has 5 nitrogen and oxygen atoms in total. The van der Waals surface area contributed by atoms with Crippen LogP contribution in [0.4, 0.5) is 0 Å². The van der Waals surface area contributed by atoms with Crippen molar-refractivity contribution < 1.29 is 9.94 Å². The van der Waals surface area contributed by atoms with Crippen LogP contribution >= 0.6 is 0 Å². The lowest BCUT2D eigenvalue weighted by atomic mass is 9.90. The third-order valence-corrected chi connectivity index (χ3v) is 3.54. The van der Waals surface area contributed by atoms with E-state index in [9.17, 15) is 0 Å². The Kier molecular flexibility index (Phi) is 5.82. The first kappa shape index (κ1) is 16.3. The number of methoxy groups -OCH3 is 1. The van der Waals surface area contributed by atoms with E-state index in [1.54, 1.807) is 7.11 Å². The van der Waals surface area contributed by atoms with Crippen LogP contribution < -0.4 is 15.8 Å². The zero-order valence-electron chi connectivity index (χ0n) is 12.7. The van der Waals surface area contributed by atoms with E-state index < -0.39 is 0 Å². The zero-order chi connectivity index (χ0) is 15.2. The molecule has 5 heteroatoms. The number of nitrogens with two attached hydrogens (primary N) is 1. The number of ether oxygens (including phenoxy) is 1. The van der Waals surface area contributed by atoms with E-state index in [0.717, 1.165) is 25.1 Å². The van der Waals surface area contributed by atoms with E-state index in [0.29, 0.717) is 11.3 Å². The van der Waals surface area contributed by atoms with Crippen molar-refractivity contribution in [3.8, 4) is 5.75 Å². The quantitative estimate of drug-likeness (QED) is 0.310. The summed E-state index contributed by atoms with van der Waals surface area (Å²) in [5.41, 5.74) is 7.61. The highest BCUT2D eigenvalue weighted by Gasteiger charge is 2.14. The average Bonchev–Trinajstić information content (AvgIpc) is 2.46. The van der Waals surface area contributed by atoms with Crippen molar-refractivity contribution in [2.24, 2.45) is 16.3 Å². The van der Waals surface area contributed by atoms with Gasteiger partial charge >= 0.3 is 0 Å². The van der Waals surface area contributed by atoms with Gasteiger partial charge in [-0.15, -0.1) is 0 Å². The maximum atomic E-state index is 8.81. The van der Waals surface area contributed by atoms with Gasteiger partial charge < -0.3 is 21.0 Å². The van der Waals surface area contributed by atoms with Crippen molar-refractivity contribution in [1.29, 1.82) is 0 Å². The highest BCUT2D eigenvalue weighted by Crippen LogP contribution is 2.21. The SMILES string of the molecule is CCC(C)(C)CNCc1ccc(OC)c(/C(N)=N/O)c1. The Bertz CT molecular complexity index is 470. The summed E-state index contributed by atoms with van der Waals surface area (Å²) in [6.07, 6.45) is 1.12. The van der Waals surface area contributed by atoms with Crippen LogP contribution in [0, 0.1) is 5.41 Å². The number of rotatable bonds is 7. The molecule has 0 bridgehead atoms. The molecule has 0 fully saturated rings. The van der Waals surface area contributed by atoms with Gasteiger partial charge in [-0.05, 0) is 29.5 Å². The molecule has 0 aliphatic carbocycles. The second kappa shape index (κ2) is 7.14. The number of amidine groups is 1. The summed E-state index contributed by atoms with van der Waals surface area (Å²) in [7, 11) is 1.56. The Hall–Kier alpha value is -1.75. The number of hydrogen-bond donors (Lipinski definition) is 3. The van der Waals surface area contributed by atoms with Gasteiger partial charge in [0.2, 0.25) is 0 Å². The van der Waals surface area contributed by atoms with Gasteiger partial charge in [0.25, 0.3) is 0 Å². The molecular weight excluding hydrogens is 254 g/mol. The third kappa shape index (κ3) is 4.42. The van der Waals surface area contributed by atoms with Crippen molar-refractivity contribution in [3.63, 3.8) is 0 Å². The molecule has 4 N–H and O–H groups in total. The molecule has 0 amide bonds. The molecule has 0 aliphatic heterocycles. The summed E-state index contributed by atoms with van der Waals surface area (Å²) in [6, 6.07) is 5.67. The van der Waals surface area contributed by atoms with E-state index in [-0.39, 0.29) is 11.3 Å². The molecular formula is C15H25N3O2. The predicted octanol–water partition coefficient (Wildman–Crippen LogP) is 2.32. The summed E-state index contributed by atoms with van der Waals surface area (Å²) in [6.45, 7) is 8.32. The first-order valence-corrected chi connectivity index (χ1v) is 6.79. The zero-order valence-corrected chi connectivity index (χ0v) is 12.7. The number of nitrogens with zero attached hydrogens (tertiary/aromatic N) is 1. The standard InChI is InChI=1S/C15H25N3O2/c1-5-15(2,3)10-17-9-11-6-7-13(20-4)12(8-11)14(16)18-19/h6-8,17,19H,5,9-10H2,1-4H3,(H2,16,18). The maximum Gasteiger partial charge on any atom is 0.173 e. The lowest BCUT2D eigenvalue weighted by Gasteiger charge is -2.23. The minimum absolute atomic E-state index is 0.0533. The van der Waals surface area contributed by atoms with Gasteiger partial charge in [-0.2, -0.15) is 0 Å². The highest BCUT2D eigenvalue weighted by molar-refractivity contribution is 5.99. The van der Waals surface area contributed by atoms with Crippen LogP contribution in [0.3, 0.4) is 0 Å². The molecule has 1 aromatic rings. The molecule has 1 aromatic carbocycles. The Morgan fingerprint density at radius 2 is 2.15 bits per heavy atom. The van der Waals surface area contributed by atoms with E-state index in [2.05, 4.69) is 31.2 Å². The third-order valence-electron chi connectivity index (χ3n) is 3.54. The van der Waals surface area contributed by atoms with Crippen LogP contribution in [0.15, 0.2) is 23.4 Å². The largest absolute Gasteiger partial charge is 0.496 e. The van der Waals surface area contributed by atoms with Crippen LogP contribution in [-0.2, 0) is 6.54 Å². The Labute approximate surface area is 120 Å². The molecule has 0 spiro atoms. The molecule has 0 unspecified atom stereocenters. The molecule has 0 radical (unpaired) electrons. The number of oxime groups is 1. The summed E-state index contributed by atoms with van der Waals surface area (Å²) in [5.74, 6) is 0.649. The summed E-state index contributed by atoms with van der Waals surface area (Å²) in [5, 5.41) is 15.3. The molecule has 112 valence electrons. The van der Waals surface area contributed by atoms with Crippen LogP contribution in [-0.4, -0.2) is 24.7 Å². The van der Waals surface area contributed by atoms with Gasteiger partial charge in [0.1, 0.15) is 5.75 Å². The van der Waals surface area contributed by atoms with Crippen molar-refractivity contribution in [2.75, 3.05) is 13.7 Å². The molecule has 1 rings (SSSR count). The Morgan fingerprint density at radius 3 is 2.70 bits per heavy atom. The molecule has 0 aliphatic rings. The van der Waals surface area contributed by atoms with Gasteiger partial charge in [0.15, 0.2) is 5.84 Å². The van der Waals surface area contributed by atoms with Crippen LogP contribution in [0.25, 0.3) is 0 Å². The van der Waals surface area contributed by atoms with Crippen molar-refractivity contribution in [2.45, 2.75) is 33.7 Å². The molecule has 20 heavy (non-hydrogen) atoms. The number of hydrogen-bond acceptors (Lipinski definition) is 4. The van der Waals surface area contributed by atoms with Gasteiger partial charge in [-0.25, -0.2) is 0 Å². The van der Waals surface area contributed by atoms with Gasteiger partial charge in [0.05, 0.1) is 12.7 Å². The van der Waals surface area contributed by atoms with Gasteiger partial charge in [-0.1, -0.05) is 32.0 Å².